The Hall–Kier alpha value is -2.62. The number of carbonyl (C=O) groups is 1. The highest BCUT2D eigenvalue weighted by molar-refractivity contribution is 7.89. The van der Waals surface area contributed by atoms with Gasteiger partial charge in [0.15, 0.2) is 0 Å². The summed E-state index contributed by atoms with van der Waals surface area (Å²) in [4.78, 5) is 12.2. The number of rotatable bonds is 13. The van der Waals surface area contributed by atoms with Gasteiger partial charge in [-0.15, -0.1) is 0 Å². The Kier molecular flexibility index (Phi) is 9.59. The van der Waals surface area contributed by atoms with E-state index in [4.69, 9.17) is 14.2 Å². The molecule has 0 fully saturated rings. The maximum Gasteiger partial charge on any atom is 0.240 e. The molecule has 1 amide bonds. The van der Waals surface area contributed by atoms with Crippen LogP contribution in [0.1, 0.15) is 18.4 Å². The summed E-state index contributed by atoms with van der Waals surface area (Å²) >= 11 is 0. The summed E-state index contributed by atoms with van der Waals surface area (Å²) in [6.07, 6.45) is 0.925. The molecule has 0 aliphatic rings. The van der Waals surface area contributed by atoms with Crippen LogP contribution in [0, 0.1) is 0 Å². The first-order chi connectivity index (χ1) is 14.4. The Balaban J connectivity index is 1.68. The van der Waals surface area contributed by atoms with Crippen LogP contribution >= 0.6 is 0 Å². The highest BCUT2D eigenvalue weighted by Crippen LogP contribution is 2.17. The van der Waals surface area contributed by atoms with E-state index in [0.717, 1.165) is 17.1 Å². The molecule has 0 aliphatic carbocycles. The fourth-order valence-electron chi connectivity index (χ4n) is 2.53. The summed E-state index contributed by atoms with van der Waals surface area (Å²) < 4.78 is 42.2. The predicted octanol–water partition coefficient (Wildman–Crippen LogP) is 2.10. The van der Waals surface area contributed by atoms with Gasteiger partial charge in [-0.05, 0) is 48.4 Å². The van der Waals surface area contributed by atoms with Crippen molar-refractivity contribution in [1.82, 2.24) is 10.0 Å². The first kappa shape index (κ1) is 23.7. The van der Waals surface area contributed by atoms with E-state index in [0.29, 0.717) is 32.6 Å². The predicted molar refractivity (Wildman–Crippen MR) is 113 cm³/mol. The first-order valence-corrected chi connectivity index (χ1v) is 11.0. The zero-order valence-corrected chi connectivity index (χ0v) is 18.0. The number of hydrogen-bond donors (Lipinski definition) is 2. The fraction of sp³-hybridized carbons (Fsp3) is 0.381. The van der Waals surface area contributed by atoms with Crippen molar-refractivity contribution >= 4 is 15.9 Å². The number of methoxy groups -OCH3 is 2. The van der Waals surface area contributed by atoms with Gasteiger partial charge >= 0.3 is 0 Å². The second-order valence-corrected chi connectivity index (χ2v) is 8.21. The second-order valence-electron chi connectivity index (χ2n) is 6.44. The van der Waals surface area contributed by atoms with E-state index in [9.17, 15) is 13.2 Å². The number of sulfonamides is 1. The van der Waals surface area contributed by atoms with Crippen molar-refractivity contribution in [2.45, 2.75) is 24.3 Å². The van der Waals surface area contributed by atoms with Crippen molar-refractivity contribution in [2.24, 2.45) is 0 Å². The lowest BCUT2D eigenvalue weighted by Gasteiger charge is -2.09. The third kappa shape index (κ3) is 8.02. The molecule has 9 heteroatoms. The molecule has 0 radical (unpaired) electrons. The van der Waals surface area contributed by atoms with Gasteiger partial charge < -0.3 is 19.5 Å². The van der Waals surface area contributed by atoms with E-state index in [1.807, 2.05) is 24.3 Å². The molecule has 2 aromatic rings. The molecular formula is C21H28N2O6S. The molecule has 0 bridgehead atoms. The molecule has 2 aromatic carbocycles. The van der Waals surface area contributed by atoms with E-state index in [1.54, 1.807) is 19.2 Å². The van der Waals surface area contributed by atoms with Crippen molar-refractivity contribution in [2.75, 3.05) is 34.0 Å². The zero-order chi connectivity index (χ0) is 21.8. The van der Waals surface area contributed by atoms with Crippen LogP contribution in [-0.2, 0) is 26.1 Å². The van der Waals surface area contributed by atoms with E-state index in [-0.39, 0.29) is 17.3 Å². The Labute approximate surface area is 177 Å². The molecule has 0 aliphatic heterocycles. The topological polar surface area (TPSA) is 103 Å². The maximum absolute atomic E-state index is 12.1. The standard InChI is InChI=1S/C21H28N2O6S/c1-27-15-13-23-30(25,26)20-11-5-17(6-12-20)16-22-21(24)4-3-14-29-19-9-7-18(28-2)8-10-19/h5-12,23H,3-4,13-16H2,1-2H3,(H,22,24). The fourth-order valence-corrected chi connectivity index (χ4v) is 3.54. The van der Waals surface area contributed by atoms with E-state index >= 15 is 0 Å². The molecule has 2 N–H and O–H groups in total. The summed E-state index contributed by atoms with van der Waals surface area (Å²) in [5.74, 6) is 1.39. The summed E-state index contributed by atoms with van der Waals surface area (Å²) in [5.41, 5.74) is 0.814. The van der Waals surface area contributed by atoms with Crippen LogP contribution < -0.4 is 19.5 Å². The van der Waals surface area contributed by atoms with E-state index < -0.39 is 10.0 Å². The minimum atomic E-state index is -3.56. The SMILES string of the molecule is COCCNS(=O)(=O)c1ccc(CNC(=O)CCCOc2ccc(OC)cc2)cc1. The van der Waals surface area contributed by atoms with Crippen LogP contribution in [0.2, 0.25) is 0 Å². The lowest BCUT2D eigenvalue weighted by atomic mass is 10.2. The van der Waals surface area contributed by atoms with Gasteiger partial charge in [0.1, 0.15) is 11.5 Å². The molecule has 0 aromatic heterocycles. The van der Waals surface area contributed by atoms with Gasteiger partial charge in [0.25, 0.3) is 0 Å². The Bertz CT molecular complexity index is 883. The van der Waals surface area contributed by atoms with E-state index in [1.165, 1.54) is 19.2 Å². The molecule has 0 saturated heterocycles. The molecule has 164 valence electrons. The van der Waals surface area contributed by atoms with Crippen LogP contribution in [0.5, 0.6) is 11.5 Å². The molecular weight excluding hydrogens is 408 g/mol. The van der Waals surface area contributed by atoms with Crippen molar-refractivity contribution in [3.8, 4) is 11.5 Å². The lowest BCUT2D eigenvalue weighted by molar-refractivity contribution is -0.121. The third-order valence-electron chi connectivity index (χ3n) is 4.20. The van der Waals surface area contributed by atoms with Gasteiger partial charge in [0.05, 0.1) is 25.2 Å². The third-order valence-corrected chi connectivity index (χ3v) is 5.67. The highest BCUT2D eigenvalue weighted by atomic mass is 32.2. The maximum atomic E-state index is 12.1. The van der Waals surface area contributed by atoms with Crippen LogP contribution in [0.15, 0.2) is 53.4 Å². The number of nitrogens with one attached hydrogen (secondary N) is 2. The van der Waals surface area contributed by atoms with Gasteiger partial charge in [-0.2, -0.15) is 0 Å². The average Bonchev–Trinajstić information content (AvgIpc) is 2.76. The van der Waals surface area contributed by atoms with Crippen molar-refractivity contribution in [3.05, 3.63) is 54.1 Å². The molecule has 0 heterocycles. The van der Waals surface area contributed by atoms with Crippen LogP contribution in [0.3, 0.4) is 0 Å². The van der Waals surface area contributed by atoms with Gasteiger partial charge in [0.2, 0.25) is 15.9 Å². The van der Waals surface area contributed by atoms with Crippen LogP contribution in [0.25, 0.3) is 0 Å². The molecule has 0 spiro atoms. The summed E-state index contributed by atoms with van der Waals surface area (Å²) in [6.45, 7) is 1.27. The smallest absolute Gasteiger partial charge is 0.240 e. The summed E-state index contributed by atoms with van der Waals surface area (Å²) in [6, 6.07) is 13.6. The largest absolute Gasteiger partial charge is 0.497 e. The number of ether oxygens (including phenoxy) is 3. The van der Waals surface area contributed by atoms with Crippen molar-refractivity contribution in [3.63, 3.8) is 0 Å². The average molecular weight is 437 g/mol. The van der Waals surface area contributed by atoms with Crippen molar-refractivity contribution in [1.29, 1.82) is 0 Å². The van der Waals surface area contributed by atoms with Crippen LogP contribution in [-0.4, -0.2) is 48.3 Å². The summed E-state index contributed by atoms with van der Waals surface area (Å²) in [5, 5.41) is 2.82. The summed E-state index contributed by atoms with van der Waals surface area (Å²) in [7, 11) is -0.452. The molecule has 0 unspecified atom stereocenters. The van der Waals surface area contributed by atoms with Crippen LogP contribution in [0.4, 0.5) is 0 Å². The molecule has 2 rings (SSSR count). The van der Waals surface area contributed by atoms with Gasteiger partial charge in [0, 0.05) is 26.6 Å². The number of benzene rings is 2. The van der Waals surface area contributed by atoms with E-state index in [2.05, 4.69) is 10.0 Å². The zero-order valence-electron chi connectivity index (χ0n) is 17.2. The number of hydrogen-bond acceptors (Lipinski definition) is 6. The highest BCUT2D eigenvalue weighted by Gasteiger charge is 2.13. The molecule has 0 atom stereocenters. The Morgan fingerprint density at radius 3 is 2.23 bits per heavy atom. The minimum absolute atomic E-state index is 0.0914. The molecule has 30 heavy (non-hydrogen) atoms. The van der Waals surface area contributed by atoms with Gasteiger partial charge in [-0.25, -0.2) is 13.1 Å². The number of carbonyl (C=O) groups excluding carboxylic acids is 1. The second kappa shape index (κ2) is 12.2. The van der Waals surface area contributed by atoms with Gasteiger partial charge in [-0.1, -0.05) is 12.1 Å². The van der Waals surface area contributed by atoms with Gasteiger partial charge in [-0.3, -0.25) is 4.79 Å². The Morgan fingerprint density at radius 1 is 0.933 bits per heavy atom. The molecule has 8 nitrogen and oxygen atoms in total. The quantitative estimate of drug-likeness (QED) is 0.466. The normalized spacial score (nSPS) is 11.1. The number of amides is 1. The molecule has 0 saturated carbocycles. The lowest BCUT2D eigenvalue weighted by Crippen LogP contribution is -2.27. The first-order valence-electron chi connectivity index (χ1n) is 9.55. The minimum Gasteiger partial charge on any atom is -0.497 e. The Morgan fingerprint density at radius 2 is 1.60 bits per heavy atom. The monoisotopic (exact) mass is 436 g/mol. The van der Waals surface area contributed by atoms with Crippen molar-refractivity contribution < 1.29 is 27.4 Å².